The monoisotopic (exact) mass is 306 g/mol. The Balaban J connectivity index is 1.61. The van der Waals surface area contributed by atoms with Crippen LogP contribution >= 0.6 is 11.3 Å². The molecule has 0 aromatic carbocycles. The van der Waals surface area contributed by atoms with Crippen LogP contribution in [0.4, 0.5) is 0 Å². The fourth-order valence-corrected chi connectivity index (χ4v) is 4.59. The molecule has 3 rings (SSSR count). The van der Waals surface area contributed by atoms with Gasteiger partial charge in [-0.25, -0.2) is 0 Å². The van der Waals surface area contributed by atoms with Crippen LogP contribution in [0.3, 0.4) is 0 Å². The smallest absolute Gasteiger partial charge is 0.239 e. The lowest BCUT2D eigenvalue weighted by atomic mass is 9.93. The summed E-state index contributed by atoms with van der Waals surface area (Å²) in [4.78, 5) is 16.2. The second kappa shape index (κ2) is 6.93. The van der Waals surface area contributed by atoms with Crippen LogP contribution in [-0.4, -0.2) is 29.9 Å². The molecular weight excluding hydrogens is 280 g/mol. The van der Waals surface area contributed by atoms with E-state index < -0.39 is 0 Å². The Hall–Kier alpha value is -0.870. The van der Waals surface area contributed by atoms with Gasteiger partial charge in [-0.05, 0) is 56.0 Å². The molecule has 0 bridgehead atoms. The van der Waals surface area contributed by atoms with E-state index in [2.05, 4.69) is 21.7 Å². The third-order valence-corrected chi connectivity index (χ3v) is 5.79. The molecule has 3 nitrogen and oxygen atoms in total. The van der Waals surface area contributed by atoms with Crippen molar-refractivity contribution in [1.82, 2.24) is 10.2 Å². The third-order valence-electron chi connectivity index (χ3n) is 4.79. The summed E-state index contributed by atoms with van der Waals surface area (Å²) in [6.45, 7) is 3.92. The van der Waals surface area contributed by atoms with Crippen LogP contribution in [0.1, 0.15) is 61.9 Å². The summed E-state index contributed by atoms with van der Waals surface area (Å²) < 4.78 is 0. The number of carbonyl (C=O) groups excluding carboxylic acids is 1. The van der Waals surface area contributed by atoms with Gasteiger partial charge in [0.2, 0.25) is 5.91 Å². The maximum atomic E-state index is 12.6. The molecule has 2 heterocycles. The highest BCUT2D eigenvalue weighted by atomic mass is 32.1. The number of aryl methyl sites for hydroxylation is 1. The number of rotatable bonds is 3. The van der Waals surface area contributed by atoms with Crippen LogP contribution in [0.5, 0.6) is 0 Å². The molecule has 1 amide bonds. The molecule has 21 heavy (non-hydrogen) atoms. The maximum Gasteiger partial charge on any atom is 0.239 e. The summed E-state index contributed by atoms with van der Waals surface area (Å²) >= 11 is 1.86. The largest absolute Gasteiger partial charge is 0.341 e. The maximum absolute atomic E-state index is 12.6. The third kappa shape index (κ3) is 3.49. The van der Waals surface area contributed by atoms with Crippen molar-refractivity contribution < 1.29 is 4.79 Å². The van der Waals surface area contributed by atoms with Crippen LogP contribution in [0.15, 0.2) is 11.4 Å². The van der Waals surface area contributed by atoms with Crippen molar-refractivity contribution in [2.45, 2.75) is 64.0 Å². The lowest BCUT2D eigenvalue weighted by Crippen LogP contribution is -2.46. The number of likely N-dealkylation sites (tertiary alicyclic amines) is 1. The molecule has 0 spiro atoms. The fraction of sp³-hybridized carbons (Fsp3) is 0.706. The predicted octanol–water partition coefficient (Wildman–Crippen LogP) is 3.51. The molecule has 2 atom stereocenters. The summed E-state index contributed by atoms with van der Waals surface area (Å²) in [5, 5.41) is 5.78. The highest BCUT2D eigenvalue weighted by Crippen LogP contribution is 2.33. The Morgan fingerprint density at radius 3 is 2.81 bits per heavy atom. The van der Waals surface area contributed by atoms with Gasteiger partial charge < -0.3 is 4.90 Å². The Morgan fingerprint density at radius 1 is 1.29 bits per heavy atom. The minimum atomic E-state index is -0.0704. The average Bonchev–Trinajstić information content (AvgIpc) is 2.81. The lowest BCUT2D eigenvalue weighted by molar-refractivity contribution is -0.133. The number of hydrogen-bond donors (Lipinski definition) is 1. The molecule has 1 aliphatic carbocycles. The van der Waals surface area contributed by atoms with Gasteiger partial charge in [0.25, 0.3) is 0 Å². The summed E-state index contributed by atoms with van der Waals surface area (Å²) in [6.07, 6.45) is 8.46. The Morgan fingerprint density at radius 2 is 2.05 bits per heavy atom. The summed E-state index contributed by atoms with van der Waals surface area (Å²) in [7, 11) is 0. The minimum Gasteiger partial charge on any atom is -0.341 e. The van der Waals surface area contributed by atoms with Gasteiger partial charge in [0.15, 0.2) is 0 Å². The SMILES string of the molecule is CC(NC1CCCc2sccc21)C(=O)N1CCCCCC1. The van der Waals surface area contributed by atoms with Gasteiger partial charge in [0, 0.05) is 24.0 Å². The van der Waals surface area contributed by atoms with E-state index in [0.29, 0.717) is 11.9 Å². The molecule has 1 N–H and O–H groups in total. The first kappa shape index (κ1) is 15.0. The van der Waals surface area contributed by atoms with Crippen molar-refractivity contribution >= 4 is 17.2 Å². The summed E-state index contributed by atoms with van der Waals surface area (Å²) in [5.41, 5.74) is 1.43. The second-order valence-electron chi connectivity index (χ2n) is 6.37. The van der Waals surface area contributed by atoms with E-state index in [9.17, 15) is 4.79 Å². The standard InChI is InChI=1S/C17H26N2OS/c1-13(17(20)19-10-4-2-3-5-11-19)18-15-7-6-8-16-14(15)9-12-21-16/h9,12-13,15,18H,2-8,10-11H2,1H3. The van der Waals surface area contributed by atoms with E-state index in [-0.39, 0.29) is 6.04 Å². The van der Waals surface area contributed by atoms with Gasteiger partial charge >= 0.3 is 0 Å². The average molecular weight is 306 g/mol. The van der Waals surface area contributed by atoms with Crippen LogP contribution in [0.25, 0.3) is 0 Å². The summed E-state index contributed by atoms with van der Waals surface area (Å²) in [5.74, 6) is 0.291. The van der Waals surface area contributed by atoms with Gasteiger partial charge in [0.1, 0.15) is 0 Å². The topological polar surface area (TPSA) is 32.3 Å². The number of hydrogen-bond acceptors (Lipinski definition) is 3. The van der Waals surface area contributed by atoms with E-state index in [0.717, 1.165) is 32.4 Å². The molecule has 1 aliphatic heterocycles. The second-order valence-corrected chi connectivity index (χ2v) is 7.37. The first-order valence-electron chi connectivity index (χ1n) is 8.37. The van der Waals surface area contributed by atoms with E-state index in [1.807, 2.05) is 18.3 Å². The van der Waals surface area contributed by atoms with Crippen LogP contribution in [0.2, 0.25) is 0 Å². The van der Waals surface area contributed by atoms with Gasteiger partial charge in [-0.2, -0.15) is 0 Å². The molecular formula is C17H26N2OS. The van der Waals surface area contributed by atoms with Crippen molar-refractivity contribution in [3.05, 3.63) is 21.9 Å². The first-order chi connectivity index (χ1) is 10.3. The van der Waals surface area contributed by atoms with E-state index in [4.69, 9.17) is 0 Å². The number of amides is 1. The van der Waals surface area contributed by atoms with E-state index in [1.54, 1.807) is 0 Å². The van der Waals surface area contributed by atoms with Gasteiger partial charge in [-0.1, -0.05) is 12.8 Å². The number of nitrogens with one attached hydrogen (secondary N) is 1. The van der Waals surface area contributed by atoms with Crippen LogP contribution in [0, 0.1) is 0 Å². The van der Waals surface area contributed by atoms with Gasteiger partial charge in [0.05, 0.1) is 6.04 Å². The highest BCUT2D eigenvalue weighted by Gasteiger charge is 2.27. The first-order valence-corrected chi connectivity index (χ1v) is 9.25. The number of nitrogens with zero attached hydrogens (tertiary/aromatic N) is 1. The molecule has 1 aromatic heterocycles. The van der Waals surface area contributed by atoms with Crippen molar-refractivity contribution in [2.24, 2.45) is 0 Å². The number of fused-ring (bicyclic) bond motifs is 1. The van der Waals surface area contributed by atoms with E-state index >= 15 is 0 Å². The van der Waals surface area contributed by atoms with Crippen molar-refractivity contribution in [1.29, 1.82) is 0 Å². The zero-order valence-corrected chi connectivity index (χ0v) is 13.8. The highest BCUT2D eigenvalue weighted by molar-refractivity contribution is 7.10. The molecule has 0 radical (unpaired) electrons. The molecule has 1 fully saturated rings. The Kier molecular flexibility index (Phi) is 4.96. The van der Waals surface area contributed by atoms with Crippen LogP contribution in [-0.2, 0) is 11.2 Å². The molecule has 0 saturated carbocycles. The van der Waals surface area contributed by atoms with Gasteiger partial charge in [-0.15, -0.1) is 11.3 Å². The van der Waals surface area contributed by atoms with Crippen molar-refractivity contribution in [3.8, 4) is 0 Å². The molecule has 2 unspecified atom stereocenters. The van der Waals surface area contributed by atoms with Crippen LogP contribution < -0.4 is 5.32 Å². The Labute approximate surface area is 131 Å². The molecule has 1 saturated heterocycles. The number of carbonyl (C=O) groups is 1. The zero-order valence-electron chi connectivity index (χ0n) is 12.9. The quantitative estimate of drug-likeness (QED) is 0.927. The minimum absolute atomic E-state index is 0.0704. The molecule has 116 valence electrons. The molecule has 4 heteroatoms. The van der Waals surface area contributed by atoms with Gasteiger partial charge in [-0.3, -0.25) is 10.1 Å². The lowest BCUT2D eigenvalue weighted by Gasteiger charge is -2.30. The normalized spacial score (nSPS) is 24.2. The fourth-order valence-electron chi connectivity index (χ4n) is 3.60. The summed E-state index contributed by atoms with van der Waals surface area (Å²) in [6, 6.07) is 2.53. The zero-order chi connectivity index (χ0) is 14.7. The molecule has 1 aromatic rings. The van der Waals surface area contributed by atoms with Crippen molar-refractivity contribution in [3.63, 3.8) is 0 Å². The van der Waals surface area contributed by atoms with Crippen molar-refractivity contribution in [2.75, 3.05) is 13.1 Å². The van der Waals surface area contributed by atoms with E-state index in [1.165, 1.54) is 36.1 Å². The molecule has 2 aliphatic rings. The predicted molar refractivity (Wildman–Crippen MR) is 87.6 cm³/mol. The number of thiophene rings is 1. The Bertz CT molecular complexity index is 477.